The number of aliphatic carboxylic acids is 1. The number of benzene rings is 1. The van der Waals surface area contributed by atoms with Crippen LogP contribution in [-0.4, -0.2) is 59.0 Å². The van der Waals surface area contributed by atoms with Crippen molar-refractivity contribution in [1.82, 2.24) is 15.1 Å². The molecule has 3 rings (SSSR count). The van der Waals surface area contributed by atoms with Crippen LogP contribution in [0, 0.1) is 5.92 Å². The highest BCUT2D eigenvalue weighted by Gasteiger charge is 2.32. The van der Waals surface area contributed by atoms with Gasteiger partial charge in [0.15, 0.2) is 0 Å². The molecule has 0 saturated carbocycles. The van der Waals surface area contributed by atoms with Crippen LogP contribution >= 0.6 is 0 Å². The minimum absolute atomic E-state index is 0.113. The quantitative estimate of drug-likeness (QED) is 0.845. The van der Waals surface area contributed by atoms with E-state index in [0.717, 1.165) is 12.0 Å². The minimum Gasteiger partial charge on any atom is -0.481 e. The Morgan fingerprint density at radius 3 is 2.60 bits per heavy atom. The number of carboxylic acids is 1. The fourth-order valence-corrected chi connectivity index (χ4v) is 3.42. The number of nitrogens with zero attached hydrogens (tertiary/aromatic N) is 2. The van der Waals surface area contributed by atoms with E-state index in [1.807, 2.05) is 30.3 Å². The van der Waals surface area contributed by atoms with Gasteiger partial charge in [0.2, 0.25) is 5.91 Å². The van der Waals surface area contributed by atoms with E-state index in [9.17, 15) is 14.4 Å². The molecular formula is C18H23N3O4. The lowest BCUT2D eigenvalue weighted by atomic mass is 10.1. The number of rotatable bonds is 5. The third kappa shape index (κ3) is 4.10. The van der Waals surface area contributed by atoms with E-state index in [0.29, 0.717) is 32.5 Å². The Kier molecular flexibility index (Phi) is 5.21. The van der Waals surface area contributed by atoms with Crippen molar-refractivity contribution in [2.75, 3.05) is 26.2 Å². The van der Waals surface area contributed by atoms with E-state index in [4.69, 9.17) is 5.11 Å². The molecule has 2 atom stereocenters. The lowest BCUT2D eigenvalue weighted by Gasteiger charge is -2.27. The summed E-state index contributed by atoms with van der Waals surface area (Å²) in [7, 11) is 0. The zero-order valence-corrected chi connectivity index (χ0v) is 14.1. The lowest BCUT2D eigenvalue weighted by molar-refractivity contribution is -0.141. The van der Waals surface area contributed by atoms with Crippen LogP contribution < -0.4 is 5.32 Å². The van der Waals surface area contributed by atoms with E-state index in [-0.39, 0.29) is 24.5 Å². The Labute approximate surface area is 146 Å². The topological polar surface area (TPSA) is 89.9 Å². The molecule has 7 nitrogen and oxygen atoms in total. The van der Waals surface area contributed by atoms with Crippen molar-refractivity contribution in [3.8, 4) is 0 Å². The summed E-state index contributed by atoms with van der Waals surface area (Å²) < 4.78 is 0. The molecule has 2 aliphatic rings. The SMILES string of the molecule is O=C(O)C1CCN(C(=O)NC(CN2CCCC2=O)c2ccccc2)C1. The Morgan fingerprint density at radius 2 is 2.00 bits per heavy atom. The smallest absolute Gasteiger partial charge is 0.317 e. The zero-order valence-electron chi connectivity index (χ0n) is 14.1. The number of hydrogen-bond acceptors (Lipinski definition) is 3. The summed E-state index contributed by atoms with van der Waals surface area (Å²) in [4.78, 5) is 38.9. The molecule has 0 bridgehead atoms. The summed E-state index contributed by atoms with van der Waals surface area (Å²) >= 11 is 0. The maximum absolute atomic E-state index is 12.6. The number of amides is 3. The second kappa shape index (κ2) is 7.55. The van der Waals surface area contributed by atoms with Gasteiger partial charge in [-0.3, -0.25) is 9.59 Å². The molecule has 0 radical (unpaired) electrons. The maximum Gasteiger partial charge on any atom is 0.317 e. The van der Waals surface area contributed by atoms with Crippen molar-refractivity contribution in [2.24, 2.45) is 5.92 Å². The molecule has 2 heterocycles. The Balaban J connectivity index is 1.68. The van der Waals surface area contributed by atoms with Gasteiger partial charge in [-0.2, -0.15) is 0 Å². The van der Waals surface area contributed by atoms with Crippen molar-refractivity contribution in [2.45, 2.75) is 25.3 Å². The predicted molar refractivity (Wildman–Crippen MR) is 90.8 cm³/mol. The highest BCUT2D eigenvalue weighted by molar-refractivity contribution is 5.79. The first kappa shape index (κ1) is 17.3. The molecule has 2 N–H and O–H groups in total. The van der Waals surface area contributed by atoms with Crippen molar-refractivity contribution < 1.29 is 19.5 Å². The molecule has 1 aromatic rings. The van der Waals surface area contributed by atoms with Gasteiger partial charge in [0.05, 0.1) is 12.0 Å². The van der Waals surface area contributed by atoms with Crippen molar-refractivity contribution in [3.05, 3.63) is 35.9 Å². The molecule has 2 saturated heterocycles. The number of nitrogens with one attached hydrogen (secondary N) is 1. The van der Waals surface area contributed by atoms with E-state index in [1.54, 1.807) is 9.80 Å². The standard InChI is InChI=1S/C18H23N3O4/c22-16-7-4-9-20(16)12-15(13-5-2-1-3-6-13)19-18(25)21-10-8-14(11-21)17(23)24/h1-3,5-6,14-15H,4,7-12H2,(H,19,25)(H,23,24). The first-order valence-corrected chi connectivity index (χ1v) is 8.65. The Morgan fingerprint density at radius 1 is 1.24 bits per heavy atom. The van der Waals surface area contributed by atoms with Gasteiger partial charge in [0.25, 0.3) is 0 Å². The van der Waals surface area contributed by atoms with Crippen LogP contribution in [0.25, 0.3) is 0 Å². The van der Waals surface area contributed by atoms with Crippen LogP contribution in [0.3, 0.4) is 0 Å². The number of carbonyl (C=O) groups excluding carboxylic acids is 2. The molecule has 134 valence electrons. The van der Waals surface area contributed by atoms with Crippen LogP contribution in [0.2, 0.25) is 0 Å². The van der Waals surface area contributed by atoms with Crippen LogP contribution in [0.5, 0.6) is 0 Å². The second-order valence-electron chi connectivity index (χ2n) is 6.63. The summed E-state index contributed by atoms with van der Waals surface area (Å²) in [5.74, 6) is -1.25. The third-order valence-corrected chi connectivity index (χ3v) is 4.90. The van der Waals surface area contributed by atoms with Gasteiger partial charge in [-0.15, -0.1) is 0 Å². The van der Waals surface area contributed by atoms with Crippen molar-refractivity contribution in [3.63, 3.8) is 0 Å². The van der Waals surface area contributed by atoms with Gasteiger partial charge in [0, 0.05) is 32.6 Å². The van der Waals surface area contributed by atoms with Gasteiger partial charge in [-0.25, -0.2) is 4.79 Å². The monoisotopic (exact) mass is 345 g/mol. The zero-order chi connectivity index (χ0) is 17.8. The number of hydrogen-bond donors (Lipinski definition) is 2. The first-order chi connectivity index (χ1) is 12.0. The summed E-state index contributed by atoms with van der Waals surface area (Å²) in [5, 5.41) is 12.1. The lowest BCUT2D eigenvalue weighted by Crippen LogP contribution is -2.44. The average molecular weight is 345 g/mol. The maximum atomic E-state index is 12.6. The third-order valence-electron chi connectivity index (χ3n) is 4.90. The highest BCUT2D eigenvalue weighted by atomic mass is 16.4. The van der Waals surface area contributed by atoms with E-state index >= 15 is 0 Å². The molecule has 1 aromatic carbocycles. The van der Waals surface area contributed by atoms with Gasteiger partial charge < -0.3 is 20.2 Å². The van der Waals surface area contributed by atoms with Crippen LogP contribution in [0.4, 0.5) is 4.79 Å². The van der Waals surface area contributed by atoms with Gasteiger partial charge in [0.1, 0.15) is 0 Å². The van der Waals surface area contributed by atoms with E-state index in [1.165, 1.54) is 0 Å². The molecule has 3 amide bonds. The Bertz CT molecular complexity index is 649. The summed E-state index contributed by atoms with van der Waals surface area (Å²) in [5.41, 5.74) is 0.935. The minimum atomic E-state index is -0.863. The Hall–Kier alpha value is -2.57. The molecule has 0 aliphatic carbocycles. The number of likely N-dealkylation sites (tertiary alicyclic amines) is 2. The summed E-state index contributed by atoms with van der Waals surface area (Å²) in [6.45, 7) is 1.81. The van der Waals surface area contributed by atoms with Crippen molar-refractivity contribution >= 4 is 17.9 Å². The molecule has 0 aromatic heterocycles. The summed E-state index contributed by atoms with van der Waals surface area (Å²) in [6, 6.07) is 8.98. The fourth-order valence-electron chi connectivity index (χ4n) is 3.42. The number of carbonyl (C=O) groups is 3. The second-order valence-corrected chi connectivity index (χ2v) is 6.63. The molecule has 2 aliphatic heterocycles. The van der Waals surface area contributed by atoms with Crippen molar-refractivity contribution in [1.29, 1.82) is 0 Å². The van der Waals surface area contributed by atoms with Gasteiger partial charge >= 0.3 is 12.0 Å². The molecule has 25 heavy (non-hydrogen) atoms. The molecule has 0 spiro atoms. The highest BCUT2D eigenvalue weighted by Crippen LogP contribution is 2.21. The van der Waals surface area contributed by atoms with Gasteiger partial charge in [-0.1, -0.05) is 30.3 Å². The van der Waals surface area contributed by atoms with Crippen LogP contribution in [0.15, 0.2) is 30.3 Å². The fraction of sp³-hybridized carbons (Fsp3) is 0.500. The predicted octanol–water partition coefficient (Wildman–Crippen LogP) is 1.47. The largest absolute Gasteiger partial charge is 0.481 e. The average Bonchev–Trinajstić information content (AvgIpc) is 3.25. The number of urea groups is 1. The first-order valence-electron chi connectivity index (χ1n) is 8.65. The van der Waals surface area contributed by atoms with Crippen LogP contribution in [0.1, 0.15) is 30.9 Å². The number of carboxylic acid groups (broad SMARTS) is 1. The van der Waals surface area contributed by atoms with E-state index in [2.05, 4.69) is 5.32 Å². The molecule has 2 fully saturated rings. The molecule has 2 unspecified atom stereocenters. The van der Waals surface area contributed by atoms with Gasteiger partial charge in [-0.05, 0) is 18.4 Å². The van der Waals surface area contributed by atoms with Crippen LogP contribution in [-0.2, 0) is 9.59 Å². The normalized spacial score (nSPS) is 21.4. The molecular weight excluding hydrogens is 322 g/mol. The van der Waals surface area contributed by atoms with E-state index < -0.39 is 11.9 Å². The molecule has 7 heteroatoms. The summed E-state index contributed by atoms with van der Waals surface area (Å²) in [6.07, 6.45) is 1.88.